The van der Waals surface area contributed by atoms with Crippen molar-refractivity contribution in [2.24, 2.45) is 0 Å². The normalized spacial score (nSPS) is 25.6. The summed E-state index contributed by atoms with van der Waals surface area (Å²) in [5, 5.41) is 22.5. The molecule has 46 heavy (non-hydrogen) atoms. The molecule has 7 rings (SSSR count). The van der Waals surface area contributed by atoms with Gasteiger partial charge in [0, 0.05) is 63.1 Å². The summed E-state index contributed by atoms with van der Waals surface area (Å²) in [6.45, 7) is 4.75. The quantitative estimate of drug-likeness (QED) is 0.336. The van der Waals surface area contributed by atoms with E-state index in [2.05, 4.69) is 0 Å². The predicted molar refractivity (Wildman–Crippen MR) is 151 cm³/mol. The van der Waals surface area contributed by atoms with Crippen molar-refractivity contribution in [3.8, 4) is 0 Å². The minimum Gasteiger partial charge on any atom is -0.294 e. The van der Waals surface area contributed by atoms with Gasteiger partial charge in [-0.15, -0.1) is 0 Å². The molecule has 5 fully saturated rings. The van der Waals surface area contributed by atoms with Crippen molar-refractivity contribution in [1.82, 2.24) is 29.4 Å². The zero-order valence-corrected chi connectivity index (χ0v) is 24.7. The van der Waals surface area contributed by atoms with Crippen LogP contribution in [0.4, 0.5) is 11.4 Å². The molecule has 0 radical (unpaired) electrons. The summed E-state index contributed by atoms with van der Waals surface area (Å²) >= 11 is 0. The van der Waals surface area contributed by atoms with Crippen LogP contribution >= 0.6 is 0 Å². The molecule has 5 aliphatic heterocycles. The van der Waals surface area contributed by atoms with Crippen molar-refractivity contribution in [1.29, 1.82) is 0 Å². The van der Waals surface area contributed by atoms with E-state index in [1.165, 1.54) is 81.4 Å². The Morgan fingerprint density at radius 2 is 0.674 bits per heavy atom. The van der Waals surface area contributed by atoms with E-state index < -0.39 is 82.3 Å². The van der Waals surface area contributed by atoms with Crippen LogP contribution in [0.3, 0.4) is 0 Å². The highest BCUT2D eigenvalue weighted by atomic mass is 16.6. The van der Waals surface area contributed by atoms with Gasteiger partial charge in [0.15, 0.2) is 37.0 Å². The van der Waals surface area contributed by atoms with Crippen LogP contribution in [0.15, 0.2) is 48.5 Å². The first-order valence-electron chi connectivity index (χ1n) is 14.0. The van der Waals surface area contributed by atoms with Gasteiger partial charge < -0.3 is 0 Å². The fourth-order valence-corrected chi connectivity index (χ4v) is 7.19. The molecule has 6 amide bonds. The summed E-state index contributed by atoms with van der Waals surface area (Å²) in [5.41, 5.74) is -0.693. The number of benzene rings is 2. The van der Waals surface area contributed by atoms with Crippen LogP contribution in [0.5, 0.6) is 0 Å². The Labute approximate surface area is 259 Å². The minimum absolute atomic E-state index is 0.0530. The van der Waals surface area contributed by atoms with Gasteiger partial charge in [-0.05, 0) is 24.3 Å². The molecule has 0 spiro atoms. The number of hydrogen-bond donors (Lipinski definition) is 0. The maximum atomic E-state index is 14.4. The minimum atomic E-state index is -1.36. The summed E-state index contributed by atoms with van der Waals surface area (Å²) in [4.78, 5) is 111. The molecule has 4 unspecified atom stereocenters. The van der Waals surface area contributed by atoms with Gasteiger partial charge in [0.05, 0.1) is 9.85 Å². The monoisotopic (exact) mass is 634 g/mol. The highest BCUT2D eigenvalue weighted by Gasteiger charge is 2.76. The molecule has 0 saturated carbocycles. The van der Waals surface area contributed by atoms with E-state index in [-0.39, 0.29) is 22.5 Å². The third-order valence-corrected chi connectivity index (χ3v) is 8.79. The highest BCUT2D eigenvalue weighted by molar-refractivity contribution is 5.99. The Morgan fingerprint density at radius 1 is 0.457 bits per heavy atom. The van der Waals surface area contributed by atoms with E-state index in [9.17, 15) is 49.0 Å². The summed E-state index contributed by atoms with van der Waals surface area (Å²) in [5.74, 6) is -4.10. The molecule has 0 aromatic heterocycles. The average Bonchev–Trinajstić information content (AvgIpc) is 3.46. The first-order valence-corrected chi connectivity index (χ1v) is 14.0. The Bertz CT molecular complexity index is 1560. The van der Waals surface area contributed by atoms with Gasteiger partial charge in [-0.2, -0.15) is 0 Å². The first kappa shape index (κ1) is 30.1. The number of non-ortho nitro benzene ring substituents is 2. The maximum absolute atomic E-state index is 14.4. The van der Waals surface area contributed by atoms with Gasteiger partial charge in [0.1, 0.15) is 0 Å². The molecule has 0 N–H and O–H groups in total. The van der Waals surface area contributed by atoms with Gasteiger partial charge in [0.25, 0.3) is 23.2 Å². The van der Waals surface area contributed by atoms with Crippen molar-refractivity contribution >= 4 is 46.8 Å². The zero-order chi connectivity index (χ0) is 33.5. The Kier molecular flexibility index (Phi) is 6.75. The lowest BCUT2D eigenvalue weighted by Gasteiger charge is -2.54. The van der Waals surface area contributed by atoms with Crippen LogP contribution in [-0.2, 0) is 19.2 Å². The van der Waals surface area contributed by atoms with E-state index in [1.807, 2.05) is 0 Å². The molecule has 18 nitrogen and oxygen atoms in total. The molecule has 0 aliphatic carbocycles. The molecule has 5 saturated heterocycles. The smallest absolute Gasteiger partial charge is 0.269 e. The molecule has 2 aromatic carbocycles. The van der Waals surface area contributed by atoms with Crippen LogP contribution < -0.4 is 0 Å². The second-order valence-corrected chi connectivity index (χ2v) is 11.2. The Morgan fingerprint density at radius 3 is 0.870 bits per heavy atom. The Balaban J connectivity index is 1.62. The molecule has 18 heteroatoms. The molecule has 5 heterocycles. The third-order valence-electron chi connectivity index (χ3n) is 8.79. The van der Waals surface area contributed by atoms with E-state index >= 15 is 0 Å². The average molecular weight is 635 g/mol. The number of nitro groups is 2. The number of rotatable bonds is 4. The second-order valence-electron chi connectivity index (χ2n) is 11.2. The molecule has 238 valence electrons. The van der Waals surface area contributed by atoms with Crippen molar-refractivity contribution in [3.05, 3.63) is 79.9 Å². The lowest BCUT2D eigenvalue weighted by Crippen LogP contribution is -2.76. The highest BCUT2D eigenvalue weighted by Crippen LogP contribution is 2.52. The van der Waals surface area contributed by atoms with Gasteiger partial charge in [-0.1, -0.05) is 0 Å². The van der Waals surface area contributed by atoms with Crippen LogP contribution in [0, 0.1) is 20.2 Å². The summed E-state index contributed by atoms with van der Waals surface area (Å²) in [6, 6.07) is 9.27. The zero-order valence-electron chi connectivity index (χ0n) is 24.7. The number of nitrogens with zero attached hydrogens (tertiary/aromatic N) is 8. The molecule has 6 bridgehead atoms. The molecular formula is C28H26N8O10. The van der Waals surface area contributed by atoms with E-state index in [1.54, 1.807) is 0 Å². The lowest BCUT2D eigenvalue weighted by molar-refractivity contribution is -0.385. The van der Waals surface area contributed by atoms with E-state index in [4.69, 9.17) is 0 Å². The van der Waals surface area contributed by atoms with E-state index in [0.29, 0.717) is 0 Å². The van der Waals surface area contributed by atoms with Gasteiger partial charge >= 0.3 is 0 Å². The molecule has 2 aromatic rings. The largest absolute Gasteiger partial charge is 0.294 e. The topological polar surface area (TPSA) is 208 Å². The fourth-order valence-electron chi connectivity index (χ4n) is 7.19. The molecule has 5 aliphatic rings. The van der Waals surface area contributed by atoms with Crippen molar-refractivity contribution in [3.63, 3.8) is 0 Å². The van der Waals surface area contributed by atoms with Crippen LogP contribution in [0.25, 0.3) is 0 Å². The third kappa shape index (κ3) is 4.02. The SMILES string of the molecule is CC(=O)N1C2C3N(C(C)=O)C4C(N3C(C)=O)N(C(=O)c3ccc([N+](=O)[O-])cc3)C(C1N4C(=O)c1ccc([N+](=O)[O-])cc1)N2C(C)=O. The van der Waals surface area contributed by atoms with Crippen molar-refractivity contribution in [2.45, 2.75) is 64.7 Å². The van der Waals surface area contributed by atoms with Crippen molar-refractivity contribution in [2.75, 3.05) is 0 Å². The predicted octanol–water partition coefficient (Wildman–Crippen LogP) is 0.493. The summed E-state index contributed by atoms with van der Waals surface area (Å²) in [7, 11) is 0. The standard InChI is InChI=1S/C28H26N8O10/c1-13(37)29-21-22-31(15(3)39)25-26(32(22)16(4)40)34(28(42)18-7-11-20(12-8-18)36(45)46)24(30(21)14(2)38)23(29)33(25)27(41)17-5-9-19(10-6-17)35(43)44/h5-12,21-26H,1-4H3. The lowest BCUT2D eigenvalue weighted by atomic mass is 10.0. The summed E-state index contributed by atoms with van der Waals surface area (Å²) < 4.78 is 0. The van der Waals surface area contributed by atoms with Gasteiger partial charge in [0.2, 0.25) is 23.6 Å². The number of hydrogen-bond acceptors (Lipinski definition) is 10. The number of piperazine rings is 1. The number of carbonyl (C=O) groups is 6. The maximum Gasteiger partial charge on any atom is 0.269 e. The fraction of sp³-hybridized carbons (Fsp3) is 0.357. The van der Waals surface area contributed by atoms with Crippen LogP contribution in [0.1, 0.15) is 48.4 Å². The number of carbonyl (C=O) groups excluding carboxylic acids is 6. The number of nitro benzene ring substituents is 2. The Hall–Kier alpha value is -5.94. The molecule has 4 atom stereocenters. The second kappa shape index (κ2) is 10.3. The number of amides is 6. The van der Waals surface area contributed by atoms with E-state index in [0.717, 1.165) is 24.3 Å². The van der Waals surface area contributed by atoms with Crippen molar-refractivity contribution < 1.29 is 38.6 Å². The summed E-state index contributed by atoms with van der Waals surface area (Å²) in [6.07, 6.45) is -8.07. The van der Waals surface area contributed by atoms with Gasteiger partial charge in [-0.3, -0.25) is 78.4 Å². The van der Waals surface area contributed by atoms with Gasteiger partial charge in [-0.25, -0.2) is 0 Å². The van der Waals surface area contributed by atoms with Crippen LogP contribution in [-0.4, -0.2) is 112 Å². The van der Waals surface area contributed by atoms with Crippen LogP contribution in [0.2, 0.25) is 0 Å². The first-order chi connectivity index (χ1) is 21.7. The molecular weight excluding hydrogens is 608 g/mol.